The molecule has 0 heterocycles. The Bertz CT molecular complexity index is 463. The van der Waals surface area contributed by atoms with Crippen LogP contribution < -0.4 is 11.1 Å². The number of methoxy groups -OCH3 is 1. The van der Waals surface area contributed by atoms with Crippen molar-refractivity contribution >= 4 is 30.0 Å². The zero-order chi connectivity index (χ0) is 13.7. The highest BCUT2D eigenvalue weighted by Gasteiger charge is 2.13. The topological polar surface area (TPSA) is 81.4 Å². The molecule has 106 valence electrons. The number of nitrogens with two attached hydrogens (primary N) is 1. The number of benzene rings is 1. The Morgan fingerprint density at radius 2 is 2.05 bits per heavy atom. The van der Waals surface area contributed by atoms with E-state index < -0.39 is 0 Å². The molecule has 1 atom stereocenters. The van der Waals surface area contributed by atoms with Crippen LogP contribution in [0, 0.1) is 12.8 Å². The Kier molecular flexibility index (Phi) is 7.11. The van der Waals surface area contributed by atoms with Crippen molar-refractivity contribution in [1.82, 2.24) is 0 Å². The van der Waals surface area contributed by atoms with Crippen LogP contribution in [0.15, 0.2) is 18.2 Å². The predicted octanol–water partition coefficient (Wildman–Crippen LogP) is 1.74. The molecule has 0 radical (unpaired) electrons. The average molecular weight is 287 g/mol. The number of carbonyl (C=O) groups is 2. The minimum absolute atomic E-state index is 0. The first-order valence-electron chi connectivity index (χ1n) is 5.69. The highest BCUT2D eigenvalue weighted by molar-refractivity contribution is 5.95. The molecule has 0 spiro atoms. The SMILES string of the molecule is COC(=O)c1ccc(NC(=O)C(C)CN)cc1C.Cl. The number of esters is 1. The summed E-state index contributed by atoms with van der Waals surface area (Å²) >= 11 is 0. The summed E-state index contributed by atoms with van der Waals surface area (Å²) in [5.41, 5.74) is 7.30. The van der Waals surface area contributed by atoms with Crippen molar-refractivity contribution in [3.63, 3.8) is 0 Å². The summed E-state index contributed by atoms with van der Waals surface area (Å²) in [5.74, 6) is -0.769. The maximum absolute atomic E-state index is 11.6. The quantitative estimate of drug-likeness (QED) is 0.826. The van der Waals surface area contributed by atoms with Crippen LogP contribution in [0.25, 0.3) is 0 Å². The van der Waals surface area contributed by atoms with Gasteiger partial charge in [0, 0.05) is 18.2 Å². The van der Waals surface area contributed by atoms with Gasteiger partial charge in [-0.3, -0.25) is 4.79 Å². The van der Waals surface area contributed by atoms with Gasteiger partial charge in [-0.25, -0.2) is 4.79 Å². The molecule has 0 saturated heterocycles. The number of nitrogens with one attached hydrogen (secondary N) is 1. The fourth-order valence-electron chi connectivity index (χ4n) is 1.45. The van der Waals surface area contributed by atoms with Gasteiger partial charge >= 0.3 is 5.97 Å². The standard InChI is InChI=1S/C13H18N2O3.ClH/c1-8-6-10(15-12(16)9(2)7-14)4-5-11(8)13(17)18-3;/h4-6,9H,7,14H2,1-3H3,(H,15,16);1H. The molecule has 1 aromatic rings. The average Bonchev–Trinajstić information content (AvgIpc) is 2.37. The smallest absolute Gasteiger partial charge is 0.338 e. The second kappa shape index (κ2) is 7.76. The second-order valence-electron chi connectivity index (χ2n) is 4.15. The number of aryl methyl sites for hydroxylation is 1. The van der Waals surface area contributed by atoms with Gasteiger partial charge in [0.15, 0.2) is 0 Å². The Balaban J connectivity index is 0.00000324. The van der Waals surface area contributed by atoms with Gasteiger partial charge in [0.25, 0.3) is 0 Å². The molecule has 1 aromatic carbocycles. The molecule has 0 aliphatic rings. The van der Waals surface area contributed by atoms with Crippen LogP contribution in [-0.2, 0) is 9.53 Å². The van der Waals surface area contributed by atoms with Gasteiger partial charge in [0.05, 0.1) is 12.7 Å². The van der Waals surface area contributed by atoms with Crippen LogP contribution in [0.5, 0.6) is 0 Å². The zero-order valence-corrected chi connectivity index (χ0v) is 12.0. The third kappa shape index (κ3) is 4.54. The van der Waals surface area contributed by atoms with Crippen LogP contribution >= 0.6 is 12.4 Å². The summed E-state index contributed by atoms with van der Waals surface area (Å²) in [6, 6.07) is 5.03. The zero-order valence-electron chi connectivity index (χ0n) is 11.2. The van der Waals surface area contributed by atoms with Gasteiger partial charge < -0.3 is 15.8 Å². The van der Waals surface area contributed by atoms with Crippen LogP contribution in [0.3, 0.4) is 0 Å². The van der Waals surface area contributed by atoms with Crippen LogP contribution in [-0.4, -0.2) is 25.5 Å². The van der Waals surface area contributed by atoms with Crippen molar-refractivity contribution in [3.8, 4) is 0 Å². The lowest BCUT2D eigenvalue weighted by atomic mass is 10.1. The molecule has 1 rings (SSSR count). The number of halogens is 1. The van der Waals surface area contributed by atoms with Crippen LogP contribution in [0.4, 0.5) is 5.69 Å². The largest absolute Gasteiger partial charge is 0.465 e. The van der Waals surface area contributed by atoms with E-state index in [1.807, 2.05) is 0 Å². The monoisotopic (exact) mass is 286 g/mol. The van der Waals surface area contributed by atoms with E-state index in [2.05, 4.69) is 10.1 Å². The van der Waals surface area contributed by atoms with Crippen molar-refractivity contribution in [3.05, 3.63) is 29.3 Å². The van der Waals surface area contributed by atoms with E-state index in [1.54, 1.807) is 32.0 Å². The summed E-state index contributed by atoms with van der Waals surface area (Å²) in [6.07, 6.45) is 0. The molecule has 1 amide bonds. The summed E-state index contributed by atoms with van der Waals surface area (Å²) in [5, 5.41) is 2.75. The minimum Gasteiger partial charge on any atom is -0.465 e. The lowest BCUT2D eigenvalue weighted by Crippen LogP contribution is -2.26. The third-order valence-electron chi connectivity index (χ3n) is 2.70. The number of rotatable bonds is 4. The molecule has 0 aromatic heterocycles. The lowest BCUT2D eigenvalue weighted by Gasteiger charge is -2.11. The number of ether oxygens (including phenoxy) is 1. The third-order valence-corrected chi connectivity index (χ3v) is 2.70. The molecule has 0 aliphatic heterocycles. The van der Waals surface area contributed by atoms with E-state index in [1.165, 1.54) is 7.11 Å². The first-order valence-corrected chi connectivity index (χ1v) is 5.69. The maximum atomic E-state index is 11.6. The number of anilines is 1. The van der Waals surface area contributed by atoms with E-state index in [0.717, 1.165) is 5.56 Å². The van der Waals surface area contributed by atoms with Gasteiger partial charge in [0.2, 0.25) is 5.91 Å². The number of hydrogen-bond acceptors (Lipinski definition) is 4. The Labute approximate surface area is 118 Å². The molecule has 19 heavy (non-hydrogen) atoms. The number of hydrogen-bond donors (Lipinski definition) is 2. The fraction of sp³-hybridized carbons (Fsp3) is 0.385. The molecule has 0 aliphatic carbocycles. The van der Waals surface area contributed by atoms with Crippen molar-refractivity contribution in [2.45, 2.75) is 13.8 Å². The van der Waals surface area contributed by atoms with E-state index in [0.29, 0.717) is 17.8 Å². The second-order valence-corrected chi connectivity index (χ2v) is 4.15. The van der Waals surface area contributed by atoms with Gasteiger partial charge in [-0.1, -0.05) is 6.92 Å². The first-order chi connectivity index (χ1) is 8.49. The van der Waals surface area contributed by atoms with E-state index in [9.17, 15) is 9.59 Å². The van der Waals surface area contributed by atoms with Gasteiger partial charge in [-0.15, -0.1) is 12.4 Å². The molecule has 5 nitrogen and oxygen atoms in total. The molecular weight excluding hydrogens is 268 g/mol. The maximum Gasteiger partial charge on any atom is 0.338 e. The van der Waals surface area contributed by atoms with Gasteiger partial charge in [-0.05, 0) is 30.7 Å². The molecule has 0 saturated carbocycles. The van der Waals surface area contributed by atoms with Crippen molar-refractivity contribution < 1.29 is 14.3 Å². The summed E-state index contributed by atoms with van der Waals surface area (Å²) in [4.78, 5) is 23.0. The number of carbonyl (C=O) groups excluding carboxylic acids is 2. The highest BCUT2D eigenvalue weighted by Crippen LogP contribution is 2.16. The van der Waals surface area contributed by atoms with Crippen LogP contribution in [0.2, 0.25) is 0 Å². The van der Waals surface area contributed by atoms with Crippen LogP contribution in [0.1, 0.15) is 22.8 Å². The summed E-state index contributed by atoms with van der Waals surface area (Å²) in [7, 11) is 1.33. The van der Waals surface area contributed by atoms with E-state index >= 15 is 0 Å². The lowest BCUT2D eigenvalue weighted by molar-refractivity contribution is -0.119. The van der Waals surface area contributed by atoms with Crippen molar-refractivity contribution in [1.29, 1.82) is 0 Å². The summed E-state index contributed by atoms with van der Waals surface area (Å²) in [6.45, 7) is 3.84. The molecule has 6 heteroatoms. The Hall–Kier alpha value is -1.59. The molecule has 1 unspecified atom stereocenters. The van der Waals surface area contributed by atoms with Gasteiger partial charge in [-0.2, -0.15) is 0 Å². The first kappa shape index (κ1) is 17.4. The van der Waals surface area contributed by atoms with E-state index in [-0.39, 0.29) is 30.2 Å². The number of amides is 1. The fourth-order valence-corrected chi connectivity index (χ4v) is 1.45. The highest BCUT2D eigenvalue weighted by atomic mass is 35.5. The molecular formula is C13H19ClN2O3. The van der Waals surface area contributed by atoms with Crippen molar-refractivity contribution in [2.75, 3.05) is 19.0 Å². The molecule has 0 fully saturated rings. The molecule has 3 N–H and O–H groups in total. The van der Waals surface area contributed by atoms with Crippen molar-refractivity contribution in [2.24, 2.45) is 11.7 Å². The minimum atomic E-state index is -0.388. The molecule has 0 bridgehead atoms. The van der Waals surface area contributed by atoms with E-state index in [4.69, 9.17) is 5.73 Å². The Morgan fingerprint density at radius 1 is 1.42 bits per heavy atom. The summed E-state index contributed by atoms with van der Waals surface area (Å²) < 4.78 is 4.65. The van der Waals surface area contributed by atoms with Gasteiger partial charge in [0.1, 0.15) is 0 Å². The Morgan fingerprint density at radius 3 is 2.53 bits per heavy atom. The normalized spacial score (nSPS) is 11.2. The predicted molar refractivity (Wildman–Crippen MR) is 76.6 cm³/mol.